The molecule has 1 aromatic heterocycles. The van der Waals surface area contributed by atoms with E-state index in [0.717, 1.165) is 11.8 Å². The molecule has 0 aliphatic heterocycles. The smallest absolute Gasteiger partial charge is 0.214 e. The van der Waals surface area contributed by atoms with Crippen molar-refractivity contribution in [1.29, 1.82) is 0 Å². The summed E-state index contributed by atoms with van der Waals surface area (Å²) in [7, 11) is 0. The van der Waals surface area contributed by atoms with Gasteiger partial charge in [-0.25, -0.2) is 4.98 Å². The van der Waals surface area contributed by atoms with Crippen molar-refractivity contribution in [2.45, 2.75) is 52.0 Å². The number of nitrogens with one attached hydrogen (secondary N) is 1. The summed E-state index contributed by atoms with van der Waals surface area (Å²) in [6.45, 7) is 4.62. The van der Waals surface area contributed by atoms with Crippen LogP contribution in [0.25, 0.3) is 0 Å². The van der Waals surface area contributed by atoms with Crippen LogP contribution in [0.2, 0.25) is 0 Å². The molecular formula is C15H23FN2. The normalized spacial score (nSPS) is 24.9. The number of hydrogen-bond acceptors (Lipinski definition) is 2. The molecule has 2 unspecified atom stereocenters. The van der Waals surface area contributed by atoms with Crippen LogP contribution in [0.15, 0.2) is 18.2 Å². The Morgan fingerprint density at radius 2 is 2.06 bits per heavy atom. The van der Waals surface area contributed by atoms with Crippen molar-refractivity contribution in [3.63, 3.8) is 0 Å². The number of pyridine rings is 1. The Morgan fingerprint density at radius 3 is 2.78 bits per heavy atom. The van der Waals surface area contributed by atoms with E-state index in [2.05, 4.69) is 24.1 Å². The first-order valence-corrected chi connectivity index (χ1v) is 7.04. The largest absolute Gasteiger partial charge is 0.367 e. The van der Waals surface area contributed by atoms with E-state index in [1.54, 1.807) is 6.07 Å². The van der Waals surface area contributed by atoms with E-state index >= 15 is 0 Å². The van der Waals surface area contributed by atoms with Gasteiger partial charge < -0.3 is 5.32 Å². The highest BCUT2D eigenvalue weighted by Crippen LogP contribution is 2.29. The monoisotopic (exact) mass is 250 g/mol. The highest BCUT2D eigenvalue weighted by Gasteiger charge is 2.21. The predicted molar refractivity (Wildman–Crippen MR) is 73.0 cm³/mol. The fraction of sp³-hybridized carbons (Fsp3) is 0.667. The van der Waals surface area contributed by atoms with Crippen molar-refractivity contribution in [1.82, 2.24) is 4.98 Å². The van der Waals surface area contributed by atoms with Crippen molar-refractivity contribution in [2.75, 3.05) is 5.32 Å². The van der Waals surface area contributed by atoms with E-state index in [0.29, 0.717) is 11.9 Å². The first kappa shape index (κ1) is 13.3. The highest BCUT2D eigenvalue weighted by molar-refractivity contribution is 5.34. The molecule has 1 fully saturated rings. The average molecular weight is 250 g/mol. The van der Waals surface area contributed by atoms with Gasteiger partial charge in [0.05, 0.1) is 0 Å². The van der Waals surface area contributed by atoms with Crippen LogP contribution in [-0.4, -0.2) is 11.0 Å². The van der Waals surface area contributed by atoms with Crippen molar-refractivity contribution in [3.05, 3.63) is 24.1 Å². The number of aromatic nitrogens is 1. The summed E-state index contributed by atoms with van der Waals surface area (Å²) in [5.41, 5.74) is 0. The molecule has 0 aromatic carbocycles. The SMILES string of the molecule is CC(C)C1CCCC(Nc2cccc(F)n2)CC1. The van der Waals surface area contributed by atoms with Crippen LogP contribution in [-0.2, 0) is 0 Å². The number of halogens is 1. The summed E-state index contributed by atoms with van der Waals surface area (Å²) in [6, 6.07) is 5.38. The third-order valence-electron chi connectivity index (χ3n) is 4.02. The lowest BCUT2D eigenvalue weighted by molar-refractivity contribution is 0.341. The van der Waals surface area contributed by atoms with E-state index in [-0.39, 0.29) is 0 Å². The van der Waals surface area contributed by atoms with Gasteiger partial charge in [-0.1, -0.05) is 32.8 Å². The van der Waals surface area contributed by atoms with Crippen LogP contribution >= 0.6 is 0 Å². The maximum absolute atomic E-state index is 13.0. The molecule has 2 rings (SSSR count). The zero-order valence-electron chi connectivity index (χ0n) is 11.3. The van der Waals surface area contributed by atoms with Gasteiger partial charge in [0.1, 0.15) is 5.82 Å². The van der Waals surface area contributed by atoms with Gasteiger partial charge in [-0.05, 0) is 43.2 Å². The van der Waals surface area contributed by atoms with Gasteiger partial charge in [-0.15, -0.1) is 0 Å². The molecule has 1 heterocycles. The zero-order valence-corrected chi connectivity index (χ0v) is 11.3. The Hall–Kier alpha value is -1.12. The fourth-order valence-corrected chi connectivity index (χ4v) is 2.84. The van der Waals surface area contributed by atoms with Crippen LogP contribution < -0.4 is 5.32 Å². The minimum Gasteiger partial charge on any atom is -0.367 e. The molecule has 1 aromatic rings. The van der Waals surface area contributed by atoms with Crippen LogP contribution in [0.5, 0.6) is 0 Å². The molecule has 100 valence electrons. The van der Waals surface area contributed by atoms with Gasteiger partial charge in [0, 0.05) is 6.04 Å². The van der Waals surface area contributed by atoms with E-state index < -0.39 is 5.95 Å². The Balaban J connectivity index is 1.91. The number of nitrogens with zero attached hydrogens (tertiary/aromatic N) is 1. The molecule has 3 heteroatoms. The van der Waals surface area contributed by atoms with Crippen molar-refractivity contribution in [3.8, 4) is 0 Å². The summed E-state index contributed by atoms with van der Waals surface area (Å²) in [5.74, 6) is 1.88. The molecule has 1 aliphatic carbocycles. The summed E-state index contributed by atoms with van der Waals surface area (Å²) in [4.78, 5) is 3.87. The van der Waals surface area contributed by atoms with Gasteiger partial charge in [0.15, 0.2) is 0 Å². The van der Waals surface area contributed by atoms with E-state index in [9.17, 15) is 4.39 Å². The Kier molecular flexibility index (Phi) is 4.56. The molecule has 0 saturated heterocycles. The van der Waals surface area contributed by atoms with Gasteiger partial charge in [0.25, 0.3) is 0 Å². The lowest BCUT2D eigenvalue weighted by Crippen LogP contribution is -2.19. The number of hydrogen-bond donors (Lipinski definition) is 1. The molecule has 2 nitrogen and oxygen atoms in total. The van der Waals surface area contributed by atoms with Crippen LogP contribution in [0.4, 0.5) is 10.2 Å². The van der Waals surface area contributed by atoms with Crippen molar-refractivity contribution in [2.24, 2.45) is 11.8 Å². The maximum Gasteiger partial charge on any atom is 0.214 e. The molecule has 18 heavy (non-hydrogen) atoms. The second-order valence-electron chi connectivity index (χ2n) is 5.70. The number of anilines is 1. The minimum absolute atomic E-state index is 0.409. The summed E-state index contributed by atoms with van der Waals surface area (Å²) < 4.78 is 13.0. The Bertz CT molecular complexity index is 379. The first-order chi connectivity index (χ1) is 8.65. The lowest BCUT2D eigenvalue weighted by Gasteiger charge is -2.19. The highest BCUT2D eigenvalue weighted by atomic mass is 19.1. The molecule has 0 bridgehead atoms. The van der Waals surface area contributed by atoms with E-state index in [1.807, 2.05) is 6.07 Å². The van der Waals surface area contributed by atoms with Crippen LogP contribution in [0.1, 0.15) is 46.0 Å². The topological polar surface area (TPSA) is 24.9 Å². The maximum atomic E-state index is 13.0. The molecule has 0 spiro atoms. The van der Waals surface area contributed by atoms with Crippen molar-refractivity contribution < 1.29 is 4.39 Å². The lowest BCUT2D eigenvalue weighted by atomic mass is 9.89. The molecule has 1 aliphatic rings. The van der Waals surface area contributed by atoms with Gasteiger partial charge >= 0.3 is 0 Å². The molecular weight excluding hydrogens is 227 g/mol. The second kappa shape index (κ2) is 6.17. The predicted octanol–water partition coefficient (Wildman–Crippen LogP) is 4.24. The van der Waals surface area contributed by atoms with Gasteiger partial charge in [-0.3, -0.25) is 0 Å². The third-order valence-corrected chi connectivity index (χ3v) is 4.02. The third kappa shape index (κ3) is 3.69. The van der Waals surface area contributed by atoms with Gasteiger partial charge in [-0.2, -0.15) is 4.39 Å². The molecule has 0 amide bonds. The van der Waals surface area contributed by atoms with E-state index in [4.69, 9.17) is 0 Å². The summed E-state index contributed by atoms with van der Waals surface area (Å²) >= 11 is 0. The quantitative estimate of drug-likeness (QED) is 0.641. The molecule has 2 atom stereocenters. The standard InChI is InChI=1S/C15H23FN2/c1-11(2)12-5-3-6-13(10-9-12)17-15-8-4-7-14(16)18-15/h4,7-8,11-13H,3,5-6,9-10H2,1-2H3,(H,17,18). The van der Waals surface area contributed by atoms with E-state index in [1.165, 1.54) is 38.2 Å². The molecule has 0 radical (unpaired) electrons. The Labute approximate surface area is 109 Å². The Morgan fingerprint density at radius 1 is 1.22 bits per heavy atom. The second-order valence-corrected chi connectivity index (χ2v) is 5.70. The van der Waals surface area contributed by atoms with Gasteiger partial charge in [0.2, 0.25) is 5.95 Å². The zero-order chi connectivity index (χ0) is 13.0. The number of rotatable bonds is 3. The van der Waals surface area contributed by atoms with Crippen LogP contribution in [0, 0.1) is 17.8 Å². The molecule has 1 N–H and O–H groups in total. The first-order valence-electron chi connectivity index (χ1n) is 7.04. The average Bonchev–Trinajstić information content (AvgIpc) is 2.55. The molecule has 1 saturated carbocycles. The van der Waals surface area contributed by atoms with Crippen molar-refractivity contribution >= 4 is 5.82 Å². The summed E-state index contributed by atoms with van der Waals surface area (Å²) in [5, 5.41) is 3.37. The summed E-state index contributed by atoms with van der Waals surface area (Å²) in [6.07, 6.45) is 6.19. The van der Waals surface area contributed by atoms with Crippen LogP contribution in [0.3, 0.4) is 0 Å². The fourth-order valence-electron chi connectivity index (χ4n) is 2.84. The minimum atomic E-state index is -0.409.